The lowest BCUT2D eigenvalue weighted by Gasteiger charge is -2.29. The van der Waals surface area contributed by atoms with E-state index in [1.54, 1.807) is 12.1 Å². The van der Waals surface area contributed by atoms with Crippen molar-refractivity contribution < 1.29 is 9.08 Å². The van der Waals surface area contributed by atoms with Gasteiger partial charge in [0.15, 0.2) is 5.58 Å². The van der Waals surface area contributed by atoms with Crippen molar-refractivity contribution in [2.75, 3.05) is 12.4 Å². The van der Waals surface area contributed by atoms with Crippen molar-refractivity contribution in [1.29, 1.82) is 5.26 Å². The van der Waals surface area contributed by atoms with Gasteiger partial charge >= 0.3 is 0 Å². The molecule has 2 atom stereocenters. The highest BCUT2D eigenvalue weighted by Crippen LogP contribution is 2.35. The molecule has 0 fully saturated rings. The average Bonchev–Trinajstić information content (AvgIpc) is 3.26. The van der Waals surface area contributed by atoms with E-state index >= 15 is 0 Å². The molecule has 174 valence electrons. The van der Waals surface area contributed by atoms with Crippen LogP contribution in [0.15, 0.2) is 65.2 Å². The second-order valence-electron chi connectivity index (χ2n) is 8.96. The molecular weight excluding hydrogens is 446 g/mol. The summed E-state index contributed by atoms with van der Waals surface area (Å²) in [5.41, 5.74) is 4.43. The number of fused-ring (bicyclic) bond motifs is 1. The number of benzene rings is 2. The molecule has 1 unspecified atom stereocenters. The predicted molar refractivity (Wildman–Crippen MR) is 135 cm³/mol. The molecule has 8 heteroatoms. The van der Waals surface area contributed by atoms with Crippen molar-refractivity contribution in [3.8, 4) is 17.3 Å². The highest BCUT2D eigenvalue weighted by Gasteiger charge is 2.31. The molecule has 0 aliphatic carbocycles. The zero-order valence-corrected chi connectivity index (χ0v) is 20.4. The minimum absolute atomic E-state index is 0.291. The lowest BCUT2D eigenvalue weighted by molar-refractivity contribution is 0.459. The molecule has 0 saturated carbocycles. The second kappa shape index (κ2) is 9.85. The van der Waals surface area contributed by atoms with Crippen LogP contribution in [0.2, 0.25) is 0 Å². The van der Waals surface area contributed by atoms with Crippen LogP contribution in [0.5, 0.6) is 0 Å². The zero-order valence-electron chi connectivity index (χ0n) is 19.6. The Morgan fingerprint density at radius 3 is 2.65 bits per heavy atom. The number of anilines is 1. The summed E-state index contributed by atoms with van der Waals surface area (Å²) in [6.45, 7) is 5.82. The average molecular weight is 474 g/mol. The molecule has 0 radical (unpaired) electrons. The Balaban J connectivity index is 1.80. The number of rotatable bonds is 7. The Hall–Kier alpha value is -3.38. The standard InChI is InChI=1S/C26H27N5O2S/c1-26(2,3)34(32)31-22(15-18-8-7-11-24(28-4)29-18)19-9-5-6-10-20(19)25-21-13-12-17(16-27)14-23(21)33-30-25/h5-14,22,31H,15H2,1-4H3,(H,28,29)/t22-,34?/m0/s1. The predicted octanol–water partition coefficient (Wildman–Crippen LogP) is 5.14. The monoisotopic (exact) mass is 473 g/mol. The summed E-state index contributed by atoms with van der Waals surface area (Å²) >= 11 is -1.31. The molecule has 4 aromatic rings. The van der Waals surface area contributed by atoms with Crippen molar-refractivity contribution in [3.63, 3.8) is 0 Å². The molecule has 7 nitrogen and oxygen atoms in total. The van der Waals surface area contributed by atoms with Crippen LogP contribution in [0.4, 0.5) is 5.82 Å². The van der Waals surface area contributed by atoms with Crippen molar-refractivity contribution >= 4 is 28.1 Å². The first kappa shape index (κ1) is 23.8. The van der Waals surface area contributed by atoms with Gasteiger partial charge in [-0.05, 0) is 50.6 Å². The maximum absolute atomic E-state index is 13.1. The Bertz CT molecular complexity index is 1340. The van der Waals surface area contributed by atoms with Gasteiger partial charge in [0, 0.05) is 47.5 Å². The third-order valence-corrected chi connectivity index (χ3v) is 7.09. The van der Waals surface area contributed by atoms with Crippen LogP contribution < -0.4 is 10.0 Å². The topological polar surface area (TPSA) is 110 Å². The summed E-state index contributed by atoms with van der Waals surface area (Å²) in [7, 11) is 1.83. The minimum Gasteiger partial charge on any atom is -0.598 e. The molecule has 2 aromatic heterocycles. The van der Waals surface area contributed by atoms with Crippen LogP contribution in [-0.4, -0.2) is 26.5 Å². The first-order valence-corrected chi connectivity index (χ1v) is 12.2. The number of hydrogen-bond donors (Lipinski definition) is 2. The Morgan fingerprint density at radius 2 is 1.91 bits per heavy atom. The fourth-order valence-corrected chi connectivity index (χ4v) is 4.50. The fourth-order valence-electron chi connectivity index (χ4n) is 3.68. The number of nitrogens with one attached hydrogen (secondary N) is 2. The van der Waals surface area contributed by atoms with E-state index in [1.165, 1.54) is 0 Å². The second-order valence-corrected chi connectivity index (χ2v) is 11.0. The van der Waals surface area contributed by atoms with Crippen LogP contribution in [0.25, 0.3) is 22.2 Å². The third-order valence-electron chi connectivity index (χ3n) is 5.47. The molecule has 2 aromatic carbocycles. The van der Waals surface area contributed by atoms with Gasteiger partial charge in [-0.3, -0.25) is 0 Å². The maximum Gasteiger partial charge on any atom is 0.168 e. The Labute approximate surface area is 202 Å². The summed E-state index contributed by atoms with van der Waals surface area (Å²) in [4.78, 5) is 4.67. The summed E-state index contributed by atoms with van der Waals surface area (Å²) in [6, 6.07) is 20.9. The molecular formula is C26H27N5O2S. The molecule has 0 amide bonds. The minimum atomic E-state index is -1.31. The van der Waals surface area contributed by atoms with Gasteiger partial charge in [0.1, 0.15) is 16.3 Å². The number of nitrogens with zero attached hydrogens (tertiary/aromatic N) is 3. The van der Waals surface area contributed by atoms with Gasteiger partial charge in [-0.2, -0.15) is 5.26 Å². The first-order chi connectivity index (χ1) is 16.3. The van der Waals surface area contributed by atoms with E-state index in [0.29, 0.717) is 23.3 Å². The van der Waals surface area contributed by atoms with Gasteiger partial charge in [-0.25, -0.2) is 4.98 Å². The van der Waals surface area contributed by atoms with E-state index in [-0.39, 0.29) is 6.04 Å². The molecule has 2 heterocycles. The van der Waals surface area contributed by atoms with Crippen LogP contribution in [0, 0.1) is 11.3 Å². The smallest absolute Gasteiger partial charge is 0.168 e. The molecule has 0 spiro atoms. The van der Waals surface area contributed by atoms with Crippen LogP contribution in [0.1, 0.15) is 43.6 Å². The lowest BCUT2D eigenvalue weighted by Crippen LogP contribution is -2.42. The summed E-state index contributed by atoms with van der Waals surface area (Å²) in [5, 5.41) is 17.4. The largest absolute Gasteiger partial charge is 0.598 e. The number of pyridine rings is 1. The van der Waals surface area contributed by atoms with Crippen LogP contribution in [-0.2, 0) is 17.8 Å². The summed E-state index contributed by atoms with van der Waals surface area (Å²) in [6.07, 6.45) is 0.530. The van der Waals surface area contributed by atoms with Crippen molar-refractivity contribution in [2.24, 2.45) is 0 Å². The van der Waals surface area contributed by atoms with Crippen molar-refractivity contribution in [2.45, 2.75) is 38.0 Å². The van der Waals surface area contributed by atoms with E-state index in [1.807, 2.05) is 76.3 Å². The summed E-state index contributed by atoms with van der Waals surface area (Å²) in [5.74, 6) is 0.775. The van der Waals surface area contributed by atoms with E-state index in [2.05, 4.69) is 26.2 Å². The van der Waals surface area contributed by atoms with E-state index < -0.39 is 16.1 Å². The number of nitriles is 1. The summed E-state index contributed by atoms with van der Waals surface area (Å²) < 4.78 is 21.6. The molecule has 0 saturated heterocycles. The third kappa shape index (κ3) is 5.07. The van der Waals surface area contributed by atoms with E-state index in [0.717, 1.165) is 28.0 Å². The van der Waals surface area contributed by atoms with Gasteiger partial charge < -0.3 is 14.4 Å². The molecule has 0 aliphatic rings. The fraction of sp³-hybridized carbons (Fsp3) is 0.269. The zero-order chi connectivity index (χ0) is 24.3. The van der Waals surface area contributed by atoms with Gasteiger partial charge in [-0.1, -0.05) is 35.5 Å². The van der Waals surface area contributed by atoms with E-state index in [4.69, 9.17) is 4.52 Å². The van der Waals surface area contributed by atoms with Gasteiger partial charge in [0.2, 0.25) is 0 Å². The number of aromatic nitrogens is 2. The van der Waals surface area contributed by atoms with Gasteiger partial charge in [0.25, 0.3) is 0 Å². The Kier molecular flexibility index (Phi) is 6.89. The number of hydrogen-bond acceptors (Lipinski definition) is 7. The van der Waals surface area contributed by atoms with Gasteiger partial charge in [-0.15, -0.1) is 4.72 Å². The first-order valence-electron chi connectivity index (χ1n) is 11.0. The highest BCUT2D eigenvalue weighted by molar-refractivity contribution is 7.90. The normalized spacial score (nSPS) is 13.4. The van der Waals surface area contributed by atoms with Gasteiger partial charge in [0.05, 0.1) is 17.7 Å². The SMILES string of the molecule is CNc1cccc(C[C@H](N[S+]([O-])C(C)(C)C)c2ccccc2-c2noc3cc(C#N)ccc23)n1. The van der Waals surface area contributed by atoms with Crippen LogP contribution >= 0.6 is 0 Å². The molecule has 0 aliphatic heterocycles. The molecule has 34 heavy (non-hydrogen) atoms. The lowest BCUT2D eigenvalue weighted by atomic mass is 9.94. The quantitative estimate of drug-likeness (QED) is 0.358. The molecule has 4 rings (SSSR count). The maximum atomic E-state index is 13.1. The van der Waals surface area contributed by atoms with Crippen molar-refractivity contribution in [3.05, 3.63) is 77.5 Å². The van der Waals surface area contributed by atoms with E-state index in [9.17, 15) is 9.81 Å². The highest BCUT2D eigenvalue weighted by atomic mass is 32.2. The molecule has 0 bridgehead atoms. The Morgan fingerprint density at radius 1 is 1.12 bits per heavy atom. The van der Waals surface area contributed by atoms with Crippen molar-refractivity contribution in [1.82, 2.24) is 14.9 Å². The van der Waals surface area contributed by atoms with Crippen LogP contribution in [0.3, 0.4) is 0 Å². The molecule has 2 N–H and O–H groups in total.